The molecule has 2 aromatic carbocycles. The topological polar surface area (TPSA) is 111 Å². The van der Waals surface area contributed by atoms with Crippen LogP contribution in [0.5, 0.6) is 0 Å². The lowest BCUT2D eigenvalue weighted by Gasteiger charge is -2.29. The van der Waals surface area contributed by atoms with Crippen molar-refractivity contribution in [1.82, 2.24) is 19.2 Å². The molecule has 1 amide bonds. The van der Waals surface area contributed by atoms with E-state index in [1.54, 1.807) is 24.3 Å². The van der Waals surface area contributed by atoms with Gasteiger partial charge in [0.2, 0.25) is 5.95 Å². The first kappa shape index (κ1) is 25.3. The molecular formula is C25H20Cl2N6O3S. The molecule has 3 aromatic rings. The van der Waals surface area contributed by atoms with Crippen LogP contribution in [0.25, 0.3) is 0 Å². The number of sulfonamides is 1. The summed E-state index contributed by atoms with van der Waals surface area (Å²) in [6.45, 7) is 1.53. The normalized spacial score (nSPS) is 19.9. The largest absolute Gasteiger partial charge is 0.314 e. The third-order valence-corrected chi connectivity index (χ3v) is 8.71. The lowest BCUT2D eigenvalue weighted by Crippen LogP contribution is -2.48. The molecule has 1 aromatic heterocycles. The van der Waals surface area contributed by atoms with E-state index in [4.69, 9.17) is 34.9 Å². The highest BCUT2D eigenvalue weighted by Crippen LogP contribution is 2.44. The van der Waals surface area contributed by atoms with E-state index in [0.717, 1.165) is 0 Å². The number of aromatic nitrogens is 2. The van der Waals surface area contributed by atoms with E-state index in [2.05, 4.69) is 22.3 Å². The summed E-state index contributed by atoms with van der Waals surface area (Å²) in [5.74, 6) is 2.07. The molecule has 0 radical (unpaired) electrons. The van der Waals surface area contributed by atoms with Crippen molar-refractivity contribution in [3.8, 4) is 18.4 Å². The second kappa shape index (κ2) is 9.49. The van der Waals surface area contributed by atoms with Crippen LogP contribution in [0.3, 0.4) is 0 Å². The summed E-state index contributed by atoms with van der Waals surface area (Å²) in [6.07, 6.45) is 7.25. The number of nitrogens with zero attached hydrogens (tertiary/aromatic N) is 5. The quantitative estimate of drug-likeness (QED) is 0.485. The van der Waals surface area contributed by atoms with Crippen LogP contribution >= 0.6 is 23.2 Å². The van der Waals surface area contributed by atoms with E-state index in [9.17, 15) is 13.2 Å². The minimum atomic E-state index is -4.05. The minimum absolute atomic E-state index is 0.0354. The maximum absolute atomic E-state index is 14.1. The lowest BCUT2D eigenvalue weighted by atomic mass is 9.90. The van der Waals surface area contributed by atoms with E-state index >= 15 is 0 Å². The zero-order valence-electron chi connectivity index (χ0n) is 19.4. The van der Waals surface area contributed by atoms with Crippen molar-refractivity contribution < 1.29 is 13.2 Å². The van der Waals surface area contributed by atoms with Crippen LogP contribution in [0.15, 0.2) is 53.7 Å². The number of halogens is 2. The predicted octanol–water partition coefficient (Wildman–Crippen LogP) is 2.90. The van der Waals surface area contributed by atoms with Crippen LogP contribution in [0.1, 0.15) is 11.1 Å². The molecule has 0 aliphatic carbocycles. The van der Waals surface area contributed by atoms with Gasteiger partial charge in [0.1, 0.15) is 0 Å². The lowest BCUT2D eigenvalue weighted by molar-refractivity contribution is -0.122. The van der Waals surface area contributed by atoms with Crippen molar-refractivity contribution in [2.24, 2.45) is 0 Å². The first-order valence-corrected chi connectivity index (χ1v) is 13.5. The highest BCUT2D eigenvalue weighted by atomic mass is 35.5. The molecular weight excluding hydrogens is 535 g/mol. The van der Waals surface area contributed by atoms with E-state index in [-0.39, 0.29) is 40.5 Å². The number of nitrogens with one attached hydrogen (secondary N) is 1. The second-order valence-electron chi connectivity index (χ2n) is 8.64. The van der Waals surface area contributed by atoms with Gasteiger partial charge in [0, 0.05) is 42.6 Å². The number of amides is 1. The van der Waals surface area contributed by atoms with Gasteiger partial charge in [0.15, 0.2) is 10.6 Å². The smallest absolute Gasteiger partial charge is 0.273 e. The molecule has 12 heteroatoms. The van der Waals surface area contributed by atoms with Crippen molar-refractivity contribution in [3.63, 3.8) is 0 Å². The number of piperazine rings is 1. The molecule has 1 fully saturated rings. The molecule has 188 valence electrons. The summed E-state index contributed by atoms with van der Waals surface area (Å²) in [6, 6.07) is 13.2. The van der Waals surface area contributed by atoms with Crippen molar-refractivity contribution in [1.29, 1.82) is 5.26 Å². The Morgan fingerprint density at radius 2 is 1.76 bits per heavy atom. The van der Waals surface area contributed by atoms with Crippen molar-refractivity contribution in [2.75, 3.05) is 31.1 Å². The van der Waals surface area contributed by atoms with Crippen LogP contribution in [0.2, 0.25) is 10.0 Å². The molecule has 2 aliphatic heterocycles. The summed E-state index contributed by atoms with van der Waals surface area (Å²) in [7, 11) is -4.05. The Morgan fingerprint density at radius 3 is 2.35 bits per heavy atom. The molecule has 0 unspecified atom stereocenters. The Balaban J connectivity index is 1.72. The molecule has 5 rings (SSSR count). The monoisotopic (exact) mass is 554 g/mol. The van der Waals surface area contributed by atoms with Crippen LogP contribution in [-0.2, 0) is 26.8 Å². The van der Waals surface area contributed by atoms with E-state index in [1.807, 2.05) is 0 Å². The summed E-state index contributed by atoms with van der Waals surface area (Å²) in [5, 5.41) is 12.7. The number of carbonyl (C=O) groups is 1. The molecule has 0 spiro atoms. The standard InChI is InChI=1S/C25H20Cl2N6O3S/c1-2-25(14-17-3-5-18(15-28)6-4-17)23(34)32(21-12-19(26)11-20(27)13-21)24-30-16-22(33(24)25)37(35,36)31-9-7-29-8-10-31/h1,3-6,11-13,16,29H,7-10,14H2/t25-/m1/s1. The second-order valence-corrected chi connectivity index (χ2v) is 11.4. The Morgan fingerprint density at radius 1 is 1.11 bits per heavy atom. The Labute approximate surface area is 224 Å². The van der Waals surface area contributed by atoms with Crippen molar-refractivity contribution in [2.45, 2.75) is 17.0 Å². The first-order valence-electron chi connectivity index (χ1n) is 11.3. The fourth-order valence-corrected chi connectivity index (χ4v) is 6.74. The zero-order valence-corrected chi connectivity index (χ0v) is 21.7. The number of imidazole rings is 1. The van der Waals surface area contributed by atoms with Crippen LogP contribution in [-0.4, -0.2) is 54.4 Å². The fraction of sp³-hybridized carbons (Fsp3) is 0.240. The van der Waals surface area contributed by atoms with E-state index in [0.29, 0.717) is 29.9 Å². The fourth-order valence-electron chi connectivity index (χ4n) is 4.64. The summed E-state index contributed by atoms with van der Waals surface area (Å²) in [4.78, 5) is 19.8. The Hall–Kier alpha value is -3.38. The number of nitriles is 1. The maximum Gasteiger partial charge on any atom is 0.273 e. The maximum atomic E-state index is 14.1. The third kappa shape index (κ3) is 4.17. The van der Waals surface area contributed by atoms with Gasteiger partial charge < -0.3 is 5.32 Å². The molecule has 1 saturated heterocycles. The molecule has 2 aliphatic rings. The molecule has 37 heavy (non-hydrogen) atoms. The molecule has 1 N–H and O–H groups in total. The summed E-state index contributed by atoms with van der Waals surface area (Å²) < 4.78 is 30.2. The van der Waals surface area contributed by atoms with E-state index in [1.165, 1.54) is 38.2 Å². The summed E-state index contributed by atoms with van der Waals surface area (Å²) >= 11 is 12.4. The van der Waals surface area contributed by atoms with Crippen molar-refractivity contribution in [3.05, 3.63) is 69.8 Å². The van der Waals surface area contributed by atoms with Gasteiger partial charge in [-0.2, -0.15) is 9.57 Å². The number of hydrogen-bond acceptors (Lipinski definition) is 6. The molecule has 3 heterocycles. The van der Waals surface area contributed by atoms with Gasteiger partial charge in [0.05, 0.1) is 23.5 Å². The predicted molar refractivity (Wildman–Crippen MR) is 139 cm³/mol. The van der Waals surface area contributed by atoms with E-state index < -0.39 is 21.5 Å². The number of terminal acetylenes is 1. The summed E-state index contributed by atoms with van der Waals surface area (Å²) in [5.41, 5.74) is -0.374. The molecule has 9 nitrogen and oxygen atoms in total. The average Bonchev–Trinajstić information content (AvgIpc) is 3.42. The third-order valence-electron chi connectivity index (χ3n) is 6.42. The first-order chi connectivity index (χ1) is 17.7. The number of hydrogen-bond donors (Lipinski definition) is 1. The number of carbonyl (C=O) groups excluding carboxylic acids is 1. The SMILES string of the molecule is C#C[C@@]1(Cc2ccc(C#N)cc2)C(=O)N(c2cc(Cl)cc(Cl)c2)c2ncc(S(=O)(=O)N3CCNCC3)n21. The highest BCUT2D eigenvalue weighted by Gasteiger charge is 2.54. The van der Waals surface area contributed by atoms with Gasteiger partial charge >= 0.3 is 0 Å². The van der Waals surface area contributed by atoms with Gasteiger partial charge in [-0.3, -0.25) is 9.36 Å². The molecule has 0 bridgehead atoms. The number of anilines is 2. The molecule has 0 saturated carbocycles. The van der Waals surface area contributed by atoms with Crippen LogP contribution in [0, 0.1) is 23.7 Å². The Kier molecular flexibility index (Phi) is 6.48. The Bertz CT molecular complexity index is 1560. The number of rotatable bonds is 5. The van der Waals surface area contributed by atoms with Gasteiger partial charge in [-0.1, -0.05) is 41.3 Å². The zero-order chi connectivity index (χ0) is 26.4. The van der Waals surface area contributed by atoms with Gasteiger partial charge in [0.25, 0.3) is 15.9 Å². The van der Waals surface area contributed by atoms with Crippen LogP contribution in [0.4, 0.5) is 11.6 Å². The van der Waals surface area contributed by atoms with Gasteiger partial charge in [-0.05, 0) is 35.9 Å². The van der Waals surface area contributed by atoms with Crippen molar-refractivity contribution >= 4 is 50.8 Å². The van der Waals surface area contributed by atoms with Gasteiger partial charge in [-0.25, -0.2) is 18.3 Å². The minimum Gasteiger partial charge on any atom is -0.314 e. The number of benzene rings is 2. The average molecular weight is 555 g/mol. The highest BCUT2D eigenvalue weighted by molar-refractivity contribution is 7.89. The van der Waals surface area contributed by atoms with Crippen LogP contribution < -0.4 is 10.2 Å². The number of fused-ring (bicyclic) bond motifs is 1. The molecule has 1 atom stereocenters. The van der Waals surface area contributed by atoms with Gasteiger partial charge in [-0.15, -0.1) is 6.42 Å².